The predicted molar refractivity (Wildman–Crippen MR) is 99.6 cm³/mol. The molecule has 1 aromatic heterocycles. The van der Waals surface area contributed by atoms with Crippen molar-refractivity contribution >= 4 is 23.4 Å². The number of benzene rings is 1. The van der Waals surface area contributed by atoms with E-state index >= 15 is 0 Å². The van der Waals surface area contributed by atoms with E-state index in [1.807, 2.05) is 29.2 Å². The van der Waals surface area contributed by atoms with Crippen LogP contribution in [0, 0.1) is 0 Å². The van der Waals surface area contributed by atoms with Crippen molar-refractivity contribution in [2.75, 3.05) is 13.6 Å². The van der Waals surface area contributed by atoms with Crippen LogP contribution in [0.25, 0.3) is 0 Å². The summed E-state index contributed by atoms with van der Waals surface area (Å²) in [5.41, 5.74) is 1.04. The van der Waals surface area contributed by atoms with Crippen molar-refractivity contribution in [2.45, 2.75) is 38.4 Å². The zero-order valence-corrected chi connectivity index (χ0v) is 15.8. The number of carbonyl (C=O) groups is 2. The Balaban J connectivity index is 1.62. The molecule has 7 heteroatoms. The highest BCUT2D eigenvalue weighted by atomic mass is 35.5. The summed E-state index contributed by atoms with van der Waals surface area (Å²) < 4.78 is 1.59. The monoisotopic (exact) mass is 374 g/mol. The molecule has 3 rings (SSSR count). The summed E-state index contributed by atoms with van der Waals surface area (Å²) in [6, 6.07) is 9.12. The van der Waals surface area contributed by atoms with Gasteiger partial charge in [-0.05, 0) is 43.5 Å². The first-order valence-electron chi connectivity index (χ1n) is 8.73. The second-order valence-electron chi connectivity index (χ2n) is 6.74. The van der Waals surface area contributed by atoms with Crippen LogP contribution in [0.5, 0.6) is 0 Å². The van der Waals surface area contributed by atoms with E-state index < -0.39 is 6.04 Å². The van der Waals surface area contributed by atoms with Crippen molar-refractivity contribution in [3.63, 3.8) is 0 Å². The summed E-state index contributed by atoms with van der Waals surface area (Å²) in [4.78, 5) is 28.7. The Kier molecular flexibility index (Phi) is 5.61. The van der Waals surface area contributed by atoms with E-state index in [0.29, 0.717) is 11.6 Å². The largest absolute Gasteiger partial charge is 0.335 e. The number of hydrogen-bond donors (Lipinski definition) is 0. The molecule has 1 saturated carbocycles. The summed E-state index contributed by atoms with van der Waals surface area (Å²) >= 11 is 5.93. The molecule has 0 aliphatic heterocycles. The van der Waals surface area contributed by atoms with Crippen LogP contribution in [0.15, 0.2) is 42.7 Å². The molecule has 1 aliphatic rings. The molecule has 1 aromatic carbocycles. The third-order valence-corrected chi connectivity index (χ3v) is 4.85. The Bertz CT molecular complexity index is 756. The molecular weight excluding hydrogens is 352 g/mol. The second-order valence-corrected chi connectivity index (χ2v) is 7.17. The standard InChI is InChI=1S/C19H23ClN4O2/c1-14(24-11-3-10-21-24)19(26)22(2)13-18(25)23(17-8-9-17)12-15-4-6-16(20)7-5-15/h3-7,10-11,14,17H,8-9,12-13H2,1-2H3. The van der Waals surface area contributed by atoms with Crippen LogP contribution in [0.2, 0.25) is 5.02 Å². The summed E-state index contributed by atoms with van der Waals surface area (Å²) in [5, 5.41) is 4.77. The minimum atomic E-state index is -0.437. The Morgan fingerprint density at radius 1 is 1.31 bits per heavy atom. The lowest BCUT2D eigenvalue weighted by atomic mass is 10.2. The van der Waals surface area contributed by atoms with Gasteiger partial charge < -0.3 is 9.80 Å². The number of amides is 2. The lowest BCUT2D eigenvalue weighted by Crippen LogP contribution is -2.43. The van der Waals surface area contributed by atoms with Gasteiger partial charge in [-0.1, -0.05) is 23.7 Å². The number of rotatable bonds is 7. The number of halogens is 1. The molecule has 1 atom stereocenters. The lowest BCUT2D eigenvalue weighted by Gasteiger charge is -2.27. The van der Waals surface area contributed by atoms with Gasteiger partial charge in [0, 0.05) is 37.1 Å². The summed E-state index contributed by atoms with van der Waals surface area (Å²) in [7, 11) is 1.66. The summed E-state index contributed by atoms with van der Waals surface area (Å²) in [5.74, 6) is -0.171. The SMILES string of the molecule is CC(C(=O)N(C)CC(=O)N(Cc1ccc(Cl)cc1)C1CC1)n1cccn1. The third kappa shape index (κ3) is 4.43. The van der Waals surface area contributed by atoms with Crippen LogP contribution in [0.4, 0.5) is 0 Å². The highest BCUT2D eigenvalue weighted by Crippen LogP contribution is 2.29. The third-order valence-electron chi connectivity index (χ3n) is 4.60. The van der Waals surface area contributed by atoms with Gasteiger partial charge in [-0.3, -0.25) is 14.3 Å². The van der Waals surface area contributed by atoms with Crippen molar-refractivity contribution in [1.29, 1.82) is 0 Å². The molecule has 2 aromatic rings. The quantitative estimate of drug-likeness (QED) is 0.748. The molecule has 2 amide bonds. The van der Waals surface area contributed by atoms with Crippen LogP contribution in [-0.4, -0.2) is 51.0 Å². The van der Waals surface area contributed by atoms with Gasteiger partial charge in [0.1, 0.15) is 6.04 Å². The highest BCUT2D eigenvalue weighted by Gasteiger charge is 2.33. The number of carbonyl (C=O) groups excluding carboxylic acids is 2. The maximum Gasteiger partial charge on any atom is 0.247 e. The Labute approximate surface area is 158 Å². The van der Waals surface area contributed by atoms with Crippen LogP contribution in [0.3, 0.4) is 0 Å². The molecule has 1 unspecified atom stereocenters. The van der Waals surface area contributed by atoms with Crippen molar-refractivity contribution in [1.82, 2.24) is 19.6 Å². The van der Waals surface area contributed by atoms with E-state index in [-0.39, 0.29) is 24.4 Å². The molecule has 138 valence electrons. The van der Waals surface area contributed by atoms with Crippen LogP contribution >= 0.6 is 11.6 Å². The molecule has 6 nitrogen and oxygen atoms in total. The maximum atomic E-state index is 12.8. The van der Waals surface area contributed by atoms with E-state index in [9.17, 15) is 9.59 Å². The van der Waals surface area contributed by atoms with Crippen molar-refractivity contribution in [3.05, 3.63) is 53.3 Å². The predicted octanol–water partition coefficient (Wildman–Crippen LogP) is 2.75. The fourth-order valence-corrected chi connectivity index (χ4v) is 3.03. The lowest BCUT2D eigenvalue weighted by molar-refractivity contribution is -0.141. The Morgan fingerprint density at radius 3 is 2.58 bits per heavy atom. The smallest absolute Gasteiger partial charge is 0.247 e. The number of hydrogen-bond acceptors (Lipinski definition) is 3. The number of likely N-dealkylation sites (N-methyl/N-ethyl adjacent to an activating group) is 1. The molecule has 0 bridgehead atoms. The zero-order chi connectivity index (χ0) is 18.7. The molecular formula is C19H23ClN4O2. The first-order chi connectivity index (χ1) is 12.5. The number of aromatic nitrogens is 2. The Hall–Kier alpha value is -2.34. The van der Waals surface area contributed by atoms with Crippen molar-refractivity contribution in [2.24, 2.45) is 0 Å². The van der Waals surface area contributed by atoms with Gasteiger partial charge in [0.2, 0.25) is 11.8 Å². The normalized spacial score (nSPS) is 14.7. The zero-order valence-electron chi connectivity index (χ0n) is 15.0. The fraction of sp³-hybridized carbons (Fsp3) is 0.421. The Morgan fingerprint density at radius 2 is 2.00 bits per heavy atom. The van der Waals surface area contributed by atoms with Crippen molar-refractivity contribution < 1.29 is 9.59 Å². The molecule has 0 radical (unpaired) electrons. The van der Waals surface area contributed by atoms with Gasteiger partial charge in [0.15, 0.2) is 0 Å². The van der Waals surface area contributed by atoms with Crippen LogP contribution in [-0.2, 0) is 16.1 Å². The molecule has 1 heterocycles. The van der Waals surface area contributed by atoms with E-state index in [0.717, 1.165) is 18.4 Å². The summed E-state index contributed by atoms with van der Waals surface area (Å²) in [6.45, 7) is 2.38. The number of nitrogens with zero attached hydrogens (tertiary/aromatic N) is 4. The fourth-order valence-electron chi connectivity index (χ4n) is 2.91. The first kappa shape index (κ1) is 18.5. The molecule has 0 N–H and O–H groups in total. The average molecular weight is 375 g/mol. The average Bonchev–Trinajstić information content (AvgIpc) is 3.32. The van der Waals surface area contributed by atoms with E-state index in [1.54, 1.807) is 37.1 Å². The van der Waals surface area contributed by atoms with Gasteiger partial charge in [-0.25, -0.2) is 0 Å². The molecule has 26 heavy (non-hydrogen) atoms. The highest BCUT2D eigenvalue weighted by molar-refractivity contribution is 6.30. The summed E-state index contributed by atoms with van der Waals surface area (Å²) in [6.07, 6.45) is 5.41. The topological polar surface area (TPSA) is 58.4 Å². The van der Waals surface area contributed by atoms with Crippen LogP contribution in [0.1, 0.15) is 31.4 Å². The van der Waals surface area contributed by atoms with E-state index in [2.05, 4.69) is 5.10 Å². The minimum absolute atomic E-state index is 0.0361. The van der Waals surface area contributed by atoms with Gasteiger partial charge in [0.25, 0.3) is 0 Å². The van der Waals surface area contributed by atoms with Gasteiger partial charge in [0.05, 0.1) is 6.54 Å². The van der Waals surface area contributed by atoms with Gasteiger partial charge in [-0.15, -0.1) is 0 Å². The molecule has 0 spiro atoms. The van der Waals surface area contributed by atoms with Crippen LogP contribution < -0.4 is 0 Å². The molecule has 0 saturated heterocycles. The van der Waals surface area contributed by atoms with E-state index in [4.69, 9.17) is 11.6 Å². The maximum absolute atomic E-state index is 12.8. The molecule has 1 aliphatic carbocycles. The second kappa shape index (κ2) is 7.91. The van der Waals surface area contributed by atoms with E-state index in [1.165, 1.54) is 4.90 Å². The van der Waals surface area contributed by atoms with Crippen molar-refractivity contribution in [3.8, 4) is 0 Å². The minimum Gasteiger partial charge on any atom is -0.335 e. The molecule has 1 fully saturated rings. The van der Waals surface area contributed by atoms with Gasteiger partial charge >= 0.3 is 0 Å². The first-order valence-corrected chi connectivity index (χ1v) is 9.11. The van der Waals surface area contributed by atoms with Gasteiger partial charge in [-0.2, -0.15) is 5.10 Å².